The molecule has 8 nitrogen and oxygen atoms in total. The molecular formula is C17H17N3O5S. The fraction of sp³-hybridized carbons (Fsp3) is 0.176. The minimum absolute atomic E-state index is 0.0879. The summed E-state index contributed by atoms with van der Waals surface area (Å²) in [4.78, 5) is 22.2. The molecule has 0 aliphatic heterocycles. The minimum Gasteiger partial charge on any atom is -0.491 e. The van der Waals surface area contributed by atoms with Crippen molar-refractivity contribution in [3.8, 4) is 5.75 Å². The maximum absolute atomic E-state index is 12.1. The summed E-state index contributed by atoms with van der Waals surface area (Å²) in [5, 5.41) is 16.1. The Labute approximate surface area is 155 Å². The molecule has 2 aromatic carbocycles. The quantitative estimate of drug-likeness (QED) is 0.332. The van der Waals surface area contributed by atoms with Gasteiger partial charge in [0, 0.05) is 30.5 Å². The molecular weight excluding hydrogens is 358 g/mol. The Hall–Kier alpha value is -3.04. The topological polar surface area (TPSA) is 103 Å². The van der Waals surface area contributed by atoms with Crippen LogP contribution in [0.2, 0.25) is 0 Å². The monoisotopic (exact) mass is 375 g/mol. The Morgan fingerprint density at radius 3 is 2.35 bits per heavy atom. The molecule has 2 rings (SSSR count). The zero-order chi connectivity index (χ0) is 18.9. The van der Waals surface area contributed by atoms with Crippen LogP contribution >= 0.6 is 12.2 Å². The van der Waals surface area contributed by atoms with Crippen LogP contribution in [0.4, 0.5) is 11.4 Å². The summed E-state index contributed by atoms with van der Waals surface area (Å²) in [6.45, 7) is 0.950. The van der Waals surface area contributed by atoms with Crippen LogP contribution in [0.25, 0.3) is 0 Å². The summed E-state index contributed by atoms with van der Waals surface area (Å²) in [5.74, 6) is 0.227. The van der Waals surface area contributed by atoms with Crippen molar-refractivity contribution in [1.82, 2.24) is 5.32 Å². The van der Waals surface area contributed by atoms with Gasteiger partial charge in [-0.2, -0.15) is 0 Å². The first kappa shape index (κ1) is 19.3. The predicted octanol–water partition coefficient (Wildman–Crippen LogP) is 2.75. The summed E-state index contributed by atoms with van der Waals surface area (Å²) in [5.41, 5.74) is 0.856. The number of nitrogens with one attached hydrogen (secondary N) is 2. The van der Waals surface area contributed by atoms with Crippen LogP contribution in [-0.2, 0) is 4.74 Å². The van der Waals surface area contributed by atoms with Crippen LogP contribution in [0.15, 0.2) is 48.5 Å². The number of benzene rings is 2. The number of nitro benzene ring substituents is 1. The molecule has 0 atom stereocenters. The highest BCUT2D eigenvalue weighted by atomic mass is 32.1. The second kappa shape index (κ2) is 9.44. The van der Waals surface area contributed by atoms with Gasteiger partial charge in [0.05, 0.1) is 11.5 Å². The Balaban J connectivity index is 1.87. The second-order valence-corrected chi connectivity index (χ2v) is 5.49. The smallest absolute Gasteiger partial charge is 0.269 e. The standard InChI is InChI=1S/C17H17N3O5S/c1-24-10-11-25-15-8-4-13(5-9-15)18-17(26)19-16(21)12-2-6-14(7-3-12)20(22)23/h2-9H,10-11H2,1H3,(H2,18,19,21,26). The number of methoxy groups -OCH3 is 1. The molecule has 0 saturated carbocycles. The van der Waals surface area contributed by atoms with Gasteiger partial charge in [0.25, 0.3) is 11.6 Å². The van der Waals surface area contributed by atoms with Crippen molar-refractivity contribution in [3.63, 3.8) is 0 Å². The largest absolute Gasteiger partial charge is 0.491 e. The average molecular weight is 375 g/mol. The first-order chi connectivity index (χ1) is 12.5. The molecule has 0 aliphatic rings. The van der Waals surface area contributed by atoms with E-state index in [4.69, 9.17) is 21.7 Å². The van der Waals surface area contributed by atoms with Gasteiger partial charge in [-0.3, -0.25) is 20.2 Å². The number of hydrogen-bond donors (Lipinski definition) is 2. The van der Waals surface area contributed by atoms with Crippen LogP contribution < -0.4 is 15.4 Å². The van der Waals surface area contributed by atoms with E-state index in [9.17, 15) is 14.9 Å². The number of ether oxygens (including phenoxy) is 2. The fourth-order valence-corrected chi connectivity index (χ4v) is 2.16. The van der Waals surface area contributed by atoms with Gasteiger partial charge in [-0.25, -0.2) is 0 Å². The highest BCUT2D eigenvalue weighted by molar-refractivity contribution is 7.80. The van der Waals surface area contributed by atoms with E-state index in [1.54, 1.807) is 31.4 Å². The van der Waals surface area contributed by atoms with Crippen molar-refractivity contribution < 1.29 is 19.2 Å². The fourth-order valence-electron chi connectivity index (χ4n) is 1.95. The molecule has 9 heteroatoms. The summed E-state index contributed by atoms with van der Waals surface area (Å²) in [7, 11) is 1.60. The van der Waals surface area contributed by atoms with E-state index in [1.165, 1.54) is 24.3 Å². The van der Waals surface area contributed by atoms with E-state index in [-0.39, 0.29) is 16.4 Å². The molecule has 0 spiro atoms. The van der Waals surface area contributed by atoms with Gasteiger partial charge < -0.3 is 14.8 Å². The van der Waals surface area contributed by atoms with Gasteiger partial charge in [-0.15, -0.1) is 0 Å². The molecule has 2 N–H and O–H groups in total. The van der Waals surface area contributed by atoms with Crippen molar-refractivity contribution in [3.05, 3.63) is 64.2 Å². The number of carbonyl (C=O) groups is 1. The van der Waals surface area contributed by atoms with Crippen molar-refractivity contribution in [1.29, 1.82) is 0 Å². The van der Waals surface area contributed by atoms with E-state index >= 15 is 0 Å². The number of hydrogen-bond acceptors (Lipinski definition) is 6. The molecule has 26 heavy (non-hydrogen) atoms. The molecule has 136 valence electrons. The highest BCUT2D eigenvalue weighted by Gasteiger charge is 2.11. The number of rotatable bonds is 7. The lowest BCUT2D eigenvalue weighted by molar-refractivity contribution is -0.384. The lowest BCUT2D eigenvalue weighted by Crippen LogP contribution is -2.34. The van der Waals surface area contributed by atoms with E-state index in [0.717, 1.165) is 0 Å². The second-order valence-electron chi connectivity index (χ2n) is 5.08. The normalized spacial score (nSPS) is 10.0. The minimum atomic E-state index is -0.531. The van der Waals surface area contributed by atoms with Crippen LogP contribution in [0, 0.1) is 10.1 Å². The third kappa shape index (κ3) is 5.80. The SMILES string of the molecule is COCCOc1ccc(NC(=S)NC(=O)c2ccc([N+](=O)[O-])cc2)cc1. The van der Waals surface area contributed by atoms with Gasteiger partial charge in [-0.05, 0) is 48.6 Å². The van der Waals surface area contributed by atoms with Crippen molar-refractivity contribution in [2.45, 2.75) is 0 Å². The van der Waals surface area contributed by atoms with E-state index in [1.807, 2.05) is 0 Å². The zero-order valence-electron chi connectivity index (χ0n) is 13.9. The molecule has 0 fully saturated rings. The first-order valence-electron chi connectivity index (χ1n) is 7.58. The summed E-state index contributed by atoms with van der Waals surface area (Å²) in [6.07, 6.45) is 0. The highest BCUT2D eigenvalue weighted by Crippen LogP contribution is 2.16. The number of amides is 1. The van der Waals surface area contributed by atoms with E-state index < -0.39 is 10.8 Å². The number of non-ortho nitro benzene ring substituents is 1. The predicted molar refractivity (Wildman–Crippen MR) is 101 cm³/mol. The molecule has 0 aliphatic carbocycles. The Bertz CT molecular complexity index is 778. The van der Waals surface area contributed by atoms with Crippen LogP contribution in [0.1, 0.15) is 10.4 Å². The third-order valence-corrected chi connectivity index (χ3v) is 3.44. The third-order valence-electron chi connectivity index (χ3n) is 3.24. The maximum atomic E-state index is 12.1. The number of nitrogens with zero attached hydrogens (tertiary/aromatic N) is 1. The number of thiocarbonyl (C=S) groups is 1. The first-order valence-corrected chi connectivity index (χ1v) is 7.99. The van der Waals surface area contributed by atoms with Gasteiger partial charge in [0.2, 0.25) is 0 Å². The molecule has 0 aromatic heterocycles. The van der Waals surface area contributed by atoms with E-state index in [0.29, 0.717) is 24.7 Å². The van der Waals surface area contributed by atoms with Crippen LogP contribution in [-0.4, -0.2) is 36.3 Å². The van der Waals surface area contributed by atoms with Gasteiger partial charge in [-0.1, -0.05) is 0 Å². The molecule has 0 radical (unpaired) electrons. The van der Waals surface area contributed by atoms with Gasteiger partial charge >= 0.3 is 0 Å². The lowest BCUT2D eigenvalue weighted by atomic mass is 10.2. The zero-order valence-corrected chi connectivity index (χ0v) is 14.7. The van der Waals surface area contributed by atoms with Crippen molar-refractivity contribution >= 4 is 34.6 Å². The Kier molecular flexibility index (Phi) is 7.01. The molecule has 0 heterocycles. The van der Waals surface area contributed by atoms with Crippen LogP contribution in [0.5, 0.6) is 5.75 Å². The van der Waals surface area contributed by atoms with E-state index in [2.05, 4.69) is 10.6 Å². The molecule has 0 saturated heterocycles. The average Bonchev–Trinajstić information content (AvgIpc) is 2.63. The number of nitro groups is 1. The Morgan fingerprint density at radius 2 is 1.77 bits per heavy atom. The van der Waals surface area contributed by atoms with Gasteiger partial charge in [0.15, 0.2) is 5.11 Å². The lowest BCUT2D eigenvalue weighted by Gasteiger charge is -2.10. The molecule has 2 aromatic rings. The number of carbonyl (C=O) groups excluding carboxylic acids is 1. The number of anilines is 1. The maximum Gasteiger partial charge on any atom is 0.269 e. The molecule has 0 unspecified atom stereocenters. The van der Waals surface area contributed by atoms with Crippen molar-refractivity contribution in [2.24, 2.45) is 0 Å². The van der Waals surface area contributed by atoms with Crippen LogP contribution in [0.3, 0.4) is 0 Å². The van der Waals surface area contributed by atoms with Crippen molar-refractivity contribution in [2.75, 3.05) is 25.6 Å². The molecule has 0 bridgehead atoms. The van der Waals surface area contributed by atoms with Gasteiger partial charge in [0.1, 0.15) is 12.4 Å². The Morgan fingerprint density at radius 1 is 1.12 bits per heavy atom. The molecule has 1 amide bonds. The summed E-state index contributed by atoms with van der Waals surface area (Å²) >= 11 is 5.10. The summed E-state index contributed by atoms with van der Waals surface area (Å²) in [6, 6.07) is 12.3. The summed E-state index contributed by atoms with van der Waals surface area (Å²) < 4.78 is 10.4.